The zero-order valence-electron chi connectivity index (χ0n) is 13.6. The van der Waals surface area contributed by atoms with Crippen LogP contribution in [-0.2, 0) is 18.3 Å². The van der Waals surface area contributed by atoms with Crippen LogP contribution < -0.4 is 5.32 Å². The summed E-state index contributed by atoms with van der Waals surface area (Å²) in [7, 11) is 2.02. The molecule has 0 fully saturated rings. The molecule has 0 radical (unpaired) electrons. The Bertz CT molecular complexity index is 830. The summed E-state index contributed by atoms with van der Waals surface area (Å²) in [4.78, 5) is 16.4. The first-order valence-electron chi connectivity index (χ1n) is 7.79. The molecule has 0 saturated heterocycles. The van der Waals surface area contributed by atoms with E-state index >= 15 is 0 Å². The first kappa shape index (κ1) is 15.3. The van der Waals surface area contributed by atoms with E-state index in [0.717, 1.165) is 5.82 Å². The molecule has 1 amide bonds. The molecule has 120 valence electrons. The molecule has 0 aliphatic carbocycles. The van der Waals surface area contributed by atoms with Gasteiger partial charge in [0.15, 0.2) is 0 Å². The van der Waals surface area contributed by atoms with Gasteiger partial charge in [0.2, 0.25) is 11.9 Å². The first-order valence-corrected chi connectivity index (χ1v) is 7.79. The van der Waals surface area contributed by atoms with Crippen LogP contribution in [0.15, 0.2) is 30.5 Å². The van der Waals surface area contributed by atoms with Crippen LogP contribution in [0.1, 0.15) is 37.6 Å². The number of aromatic amines is 1. The normalized spacial score (nSPS) is 11.3. The summed E-state index contributed by atoms with van der Waals surface area (Å²) in [5.74, 6) is 1.29. The zero-order chi connectivity index (χ0) is 16.4. The van der Waals surface area contributed by atoms with Crippen LogP contribution in [0.5, 0.6) is 0 Å². The Balaban J connectivity index is 1.64. The average molecular weight is 311 g/mol. The van der Waals surface area contributed by atoms with Crippen molar-refractivity contribution in [2.75, 3.05) is 5.32 Å². The molecule has 0 bridgehead atoms. The van der Waals surface area contributed by atoms with Crippen molar-refractivity contribution in [3.63, 3.8) is 0 Å². The molecule has 23 heavy (non-hydrogen) atoms. The summed E-state index contributed by atoms with van der Waals surface area (Å²) in [6.45, 7) is 4.04. The lowest BCUT2D eigenvalue weighted by Crippen LogP contribution is -2.13. The lowest BCUT2D eigenvalue weighted by molar-refractivity contribution is -0.116. The number of H-pyrrole nitrogens is 1. The molecule has 0 atom stereocenters. The van der Waals surface area contributed by atoms with Crippen LogP contribution in [0.4, 0.5) is 5.95 Å². The summed E-state index contributed by atoms with van der Waals surface area (Å²) in [5.41, 5.74) is 2.36. The van der Waals surface area contributed by atoms with Gasteiger partial charge in [0.25, 0.3) is 0 Å². The van der Waals surface area contributed by atoms with Crippen molar-refractivity contribution < 1.29 is 4.79 Å². The van der Waals surface area contributed by atoms with Gasteiger partial charge < -0.3 is 4.57 Å². The van der Waals surface area contributed by atoms with E-state index in [0.29, 0.717) is 18.8 Å². The number of hydrogen-bond donors (Lipinski definition) is 2. The van der Waals surface area contributed by atoms with Crippen LogP contribution in [0, 0.1) is 0 Å². The van der Waals surface area contributed by atoms with E-state index in [-0.39, 0.29) is 11.8 Å². The van der Waals surface area contributed by atoms with Gasteiger partial charge in [-0.2, -0.15) is 4.98 Å². The molecule has 2 heterocycles. The number of nitrogens with zero attached hydrogens (tertiary/aromatic N) is 3. The third-order valence-electron chi connectivity index (χ3n) is 3.90. The standard InChI is InChI=1S/C17H21N5O/c1-11(2)16-19-17(21-20-16)18-15(23)9-8-12-10-22(3)14-7-5-4-6-13(12)14/h4-7,10-11H,8-9H2,1-3H3,(H2,18,19,20,21,23). The van der Waals surface area contributed by atoms with Gasteiger partial charge in [-0.25, -0.2) is 0 Å². The molecule has 0 unspecified atom stereocenters. The maximum atomic E-state index is 12.1. The van der Waals surface area contributed by atoms with Crippen molar-refractivity contribution >= 4 is 22.8 Å². The predicted molar refractivity (Wildman–Crippen MR) is 90.3 cm³/mol. The summed E-state index contributed by atoms with van der Waals surface area (Å²) in [5, 5.41) is 10.8. The van der Waals surface area contributed by atoms with E-state index in [9.17, 15) is 4.79 Å². The second kappa shape index (κ2) is 6.24. The minimum absolute atomic E-state index is 0.0766. The third-order valence-corrected chi connectivity index (χ3v) is 3.90. The van der Waals surface area contributed by atoms with Gasteiger partial charge >= 0.3 is 0 Å². The fourth-order valence-electron chi connectivity index (χ4n) is 2.65. The maximum absolute atomic E-state index is 12.1. The van der Waals surface area contributed by atoms with Crippen molar-refractivity contribution in [3.8, 4) is 0 Å². The summed E-state index contributed by atoms with van der Waals surface area (Å²) >= 11 is 0. The number of aromatic nitrogens is 4. The van der Waals surface area contributed by atoms with Crippen LogP contribution in [-0.4, -0.2) is 25.7 Å². The van der Waals surface area contributed by atoms with Gasteiger partial charge in [-0.1, -0.05) is 32.0 Å². The Labute approximate surface area is 134 Å². The number of para-hydroxylation sites is 1. The van der Waals surface area contributed by atoms with Crippen molar-refractivity contribution in [1.82, 2.24) is 19.7 Å². The minimum atomic E-state index is -0.0766. The minimum Gasteiger partial charge on any atom is -0.350 e. The van der Waals surface area contributed by atoms with Crippen molar-refractivity contribution in [2.45, 2.75) is 32.6 Å². The van der Waals surface area contributed by atoms with Crippen LogP contribution in [0.2, 0.25) is 0 Å². The maximum Gasteiger partial charge on any atom is 0.248 e. The Hall–Kier alpha value is -2.63. The average Bonchev–Trinajstić information content (AvgIpc) is 3.11. The topological polar surface area (TPSA) is 75.6 Å². The number of anilines is 1. The lowest BCUT2D eigenvalue weighted by atomic mass is 10.1. The number of hydrogen-bond acceptors (Lipinski definition) is 3. The smallest absolute Gasteiger partial charge is 0.248 e. The highest BCUT2D eigenvalue weighted by molar-refractivity contribution is 5.90. The Kier molecular flexibility index (Phi) is 4.14. The predicted octanol–water partition coefficient (Wildman–Crippen LogP) is 2.99. The van der Waals surface area contributed by atoms with E-state index in [1.807, 2.05) is 33.0 Å². The van der Waals surface area contributed by atoms with Crippen LogP contribution in [0.25, 0.3) is 10.9 Å². The fourth-order valence-corrected chi connectivity index (χ4v) is 2.65. The van der Waals surface area contributed by atoms with E-state index < -0.39 is 0 Å². The van der Waals surface area contributed by atoms with Gasteiger partial charge in [0.1, 0.15) is 5.82 Å². The Morgan fingerprint density at radius 1 is 1.35 bits per heavy atom. The Morgan fingerprint density at radius 2 is 2.13 bits per heavy atom. The summed E-state index contributed by atoms with van der Waals surface area (Å²) in [6, 6.07) is 8.22. The van der Waals surface area contributed by atoms with Gasteiger partial charge in [-0.05, 0) is 18.1 Å². The highest BCUT2D eigenvalue weighted by atomic mass is 16.1. The van der Waals surface area contributed by atoms with E-state index in [4.69, 9.17) is 0 Å². The molecule has 6 heteroatoms. The fraction of sp³-hybridized carbons (Fsp3) is 0.353. The number of benzene rings is 1. The molecule has 3 aromatic rings. The van der Waals surface area contributed by atoms with E-state index in [2.05, 4.69) is 43.4 Å². The largest absolute Gasteiger partial charge is 0.350 e. The number of fused-ring (bicyclic) bond motifs is 1. The van der Waals surface area contributed by atoms with Crippen LogP contribution >= 0.6 is 0 Å². The molecule has 0 saturated carbocycles. The number of rotatable bonds is 5. The van der Waals surface area contributed by atoms with E-state index in [1.165, 1.54) is 16.5 Å². The SMILES string of the molecule is CC(C)c1nc(NC(=O)CCc2cn(C)c3ccccc23)n[nH]1. The highest BCUT2D eigenvalue weighted by Crippen LogP contribution is 2.21. The van der Waals surface area contributed by atoms with Crippen LogP contribution in [0.3, 0.4) is 0 Å². The van der Waals surface area contributed by atoms with Gasteiger partial charge in [0.05, 0.1) is 0 Å². The molecular weight excluding hydrogens is 290 g/mol. The third kappa shape index (κ3) is 3.26. The highest BCUT2D eigenvalue weighted by Gasteiger charge is 2.11. The lowest BCUT2D eigenvalue weighted by Gasteiger charge is -2.01. The number of nitrogens with one attached hydrogen (secondary N) is 2. The second-order valence-corrected chi connectivity index (χ2v) is 6.03. The molecule has 6 nitrogen and oxygen atoms in total. The molecular formula is C17H21N5O. The van der Waals surface area contributed by atoms with Crippen molar-refractivity contribution in [2.24, 2.45) is 7.05 Å². The van der Waals surface area contributed by atoms with Crippen molar-refractivity contribution in [3.05, 3.63) is 41.9 Å². The molecule has 3 rings (SSSR count). The quantitative estimate of drug-likeness (QED) is 0.760. The van der Waals surface area contributed by atoms with E-state index in [1.54, 1.807) is 0 Å². The summed E-state index contributed by atoms with van der Waals surface area (Å²) in [6.07, 6.45) is 3.18. The molecule has 2 aromatic heterocycles. The number of carbonyl (C=O) groups is 1. The van der Waals surface area contributed by atoms with Gasteiger partial charge in [-0.3, -0.25) is 15.2 Å². The van der Waals surface area contributed by atoms with Gasteiger partial charge in [0, 0.05) is 36.5 Å². The molecule has 0 aliphatic heterocycles. The summed E-state index contributed by atoms with van der Waals surface area (Å²) < 4.78 is 2.09. The zero-order valence-corrected chi connectivity index (χ0v) is 13.6. The number of amides is 1. The van der Waals surface area contributed by atoms with Gasteiger partial charge in [-0.15, -0.1) is 5.10 Å². The molecule has 2 N–H and O–H groups in total. The first-order chi connectivity index (χ1) is 11.0. The number of aryl methyl sites for hydroxylation is 2. The monoisotopic (exact) mass is 311 g/mol. The molecule has 0 aliphatic rings. The number of carbonyl (C=O) groups excluding carboxylic acids is 1. The molecule has 0 spiro atoms. The second-order valence-electron chi connectivity index (χ2n) is 6.03. The Morgan fingerprint density at radius 3 is 2.87 bits per heavy atom. The molecule has 1 aromatic carbocycles. The van der Waals surface area contributed by atoms with Crippen molar-refractivity contribution in [1.29, 1.82) is 0 Å².